The lowest BCUT2D eigenvalue weighted by atomic mass is 10.1. The van der Waals surface area contributed by atoms with Gasteiger partial charge in [-0.05, 0) is 24.3 Å². The summed E-state index contributed by atoms with van der Waals surface area (Å²) in [5, 5.41) is 15.7. The molecule has 2 aromatic rings. The summed E-state index contributed by atoms with van der Waals surface area (Å²) >= 11 is 3.33. The minimum Gasteiger partial charge on any atom is -0.411 e. The van der Waals surface area contributed by atoms with Crippen LogP contribution >= 0.6 is 15.9 Å². The SMILES string of the molecule is O=C(N/N=C(\C=N/O)c1ccc(Br)cc1)c1ccccc1. The zero-order chi connectivity index (χ0) is 15.1. The molecule has 21 heavy (non-hydrogen) atoms. The van der Waals surface area contributed by atoms with Crippen LogP contribution in [-0.4, -0.2) is 23.0 Å². The Hall–Kier alpha value is -2.47. The van der Waals surface area contributed by atoms with Crippen LogP contribution in [0, 0.1) is 0 Å². The van der Waals surface area contributed by atoms with E-state index < -0.39 is 0 Å². The van der Waals surface area contributed by atoms with Crippen LogP contribution in [0.4, 0.5) is 0 Å². The number of halogens is 1. The van der Waals surface area contributed by atoms with E-state index in [1.807, 2.05) is 18.2 Å². The van der Waals surface area contributed by atoms with Crippen molar-refractivity contribution in [1.82, 2.24) is 5.43 Å². The Bertz CT molecular complexity index is 667. The van der Waals surface area contributed by atoms with E-state index in [9.17, 15) is 4.79 Å². The number of amides is 1. The average molecular weight is 346 g/mol. The topological polar surface area (TPSA) is 74.0 Å². The van der Waals surface area contributed by atoms with Gasteiger partial charge in [0.05, 0.1) is 6.21 Å². The quantitative estimate of drug-likeness (QED) is 0.507. The van der Waals surface area contributed by atoms with Gasteiger partial charge < -0.3 is 5.21 Å². The van der Waals surface area contributed by atoms with Crippen molar-refractivity contribution in [3.8, 4) is 0 Å². The third kappa shape index (κ3) is 4.25. The third-order valence-corrected chi connectivity index (χ3v) is 3.16. The van der Waals surface area contributed by atoms with Gasteiger partial charge in [-0.3, -0.25) is 4.79 Å². The second-order valence-electron chi connectivity index (χ2n) is 4.06. The summed E-state index contributed by atoms with van der Waals surface area (Å²) in [6.45, 7) is 0. The fraction of sp³-hybridized carbons (Fsp3) is 0. The molecule has 6 heteroatoms. The molecule has 0 aliphatic carbocycles. The highest BCUT2D eigenvalue weighted by Gasteiger charge is 2.05. The van der Waals surface area contributed by atoms with E-state index in [0.29, 0.717) is 16.8 Å². The Morgan fingerprint density at radius 1 is 1.05 bits per heavy atom. The minimum atomic E-state index is -0.337. The van der Waals surface area contributed by atoms with Crippen molar-refractivity contribution in [2.75, 3.05) is 0 Å². The molecule has 1 amide bonds. The Morgan fingerprint density at radius 3 is 2.33 bits per heavy atom. The number of hydrogen-bond donors (Lipinski definition) is 2. The van der Waals surface area contributed by atoms with Crippen LogP contribution in [0.15, 0.2) is 69.3 Å². The first-order valence-corrected chi connectivity index (χ1v) is 6.86. The molecule has 2 rings (SSSR count). The predicted molar refractivity (Wildman–Crippen MR) is 84.9 cm³/mol. The van der Waals surface area contributed by atoms with Gasteiger partial charge in [0.25, 0.3) is 5.91 Å². The van der Waals surface area contributed by atoms with Gasteiger partial charge >= 0.3 is 0 Å². The molecule has 0 radical (unpaired) electrons. The van der Waals surface area contributed by atoms with Crippen LogP contribution in [-0.2, 0) is 0 Å². The van der Waals surface area contributed by atoms with E-state index in [4.69, 9.17) is 5.21 Å². The number of carbonyl (C=O) groups is 1. The molecule has 2 aromatic carbocycles. The third-order valence-electron chi connectivity index (χ3n) is 2.63. The number of rotatable bonds is 4. The molecule has 0 atom stereocenters. The number of oxime groups is 1. The van der Waals surface area contributed by atoms with E-state index in [1.165, 1.54) is 0 Å². The zero-order valence-corrected chi connectivity index (χ0v) is 12.5. The number of hydrazone groups is 1. The van der Waals surface area contributed by atoms with Crippen molar-refractivity contribution in [2.45, 2.75) is 0 Å². The highest BCUT2D eigenvalue weighted by Crippen LogP contribution is 2.11. The van der Waals surface area contributed by atoms with E-state index in [-0.39, 0.29) is 5.91 Å². The average Bonchev–Trinajstić information content (AvgIpc) is 2.53. The molecular weight excluding hydrogens is 334 g/mol. The molecule has 106 valence electrons. The predicted octanol–water partition coefficient (Wildman–Crippen LogP) is 3.04. The highest BCUT2D eigenvalue weighted by molar-refractivity contribution is 9.10. The number of carbonyl (C=O) groups excluding carboxylic acids is 1. The lowest BCUT2D eigenvalue weighted by Gasteiger charge is -2.03. The van der Waals surface area contributed by atoms with Gasteiger partial charge in [-0.1, -0.05) is 51.4 Å². The Balaban J connectivity index is 2.19. The van der Waals surface area contributed by atoms with Crippen LogP contribution in [0.5, 0.6) is 0 Å². The van der Waals surface area contributed by atoms with E-state index >= 15 is 0 Å². The second kappa shape index (κ2) is 7.35. The molecule has 0 aliphatic rings. The van der Waals surface area contributed by atoms with Gasteiger partial charge in [0.1, 0.15) is 5.71 Å². The zero-order valence-electron chi connectivity index (χ0n) is 10.9. The Morgan fingerprint density at radius 2 is 1.71 bits per heavy atom. The van der Waals surface area contributed by atoms with Gasteiger partial charge in [0.15, 0.2) is 0 Å². The molecule has 5 nitrogen and oxygen atoms in total. The molecule has 0 saturated heterocycles. The normalized spacial score (nSPS) is 11.6. The molecule has 0 aliphatic heterocycles. The number of hydrogen-bond acceptors (Lipinski definition) is 4. The van der Waals surface area contributed by atoms with Crippen LogP contribution in [0.3, 0.4) is 0 Å². The first-order valence-electron chi connectivity index (χ1n) is 6.07. The molecular formula is C15H12BrN3O2. The van der Waals surface area contributed by atoms with Gasteiger partial charge in [0.2, 0.25) is 0 Å². The van der Waals surface area contributed by atoms with Crippen LogP contribution < -0.4 is 5.43 Å². The van der Waals surface area contributed by atoms with Crippen LogP contribution in [0.2, 0.25) is 0 Å². The van der Waals surface area contributed by atoms with E-state index in [1.54, 1.807) is 36.4 Å². The number of nitrogens with zero attached hydrogens (tertiary/aromatic N) is 2. The van der Waals surface area contributed by atoms with Gasteiger partial charge in [-0.2, -0.15) is 5.10 Å². The lowest BCUT2D eigenvalue weighted by molar-refractivity contribution is 0.0955. The maximum Gasteiger partial charge on any atom is 0.271 e. The molecule has 0 fully saturated rings. The van der Waals surface area contributed by atoms with Gasteiger partial charge in [-0.15, -0.1) is 0 Å². The van der Waals surface area contributed by atoms with Gasteiger partial charge in [0, 0.05) is 15.6 Å². The summed E-state index contributed by atoms with van der Waals surface area (Å²) in [6, 6.07) is 16.0. The molecule has 0 unspecified atom stereocenters. The fourth-order valence-corrected chi connectivity index (χ4v) is 1.87. The summed E-state index contributed by atoms with van der Waals surface area (Å²) in [6.07, 6.45) is 1.16. The summed E-state index contributed by atoms with van der Waals surface area (Å²) < 4.78 is 0.917. The highest BCUT2D eigenvalue weighted by atomic mass is 79.9. The molecule has 2 N–H and O–H groups in total. The summed E-state index contributed by atoms with van der Waals surface area (Å²) in [5.41, 5.74) is 3.98. The van der Waals surface area contributed by atoms with Crippen molar-refractivity contribution in [2.24, 2.45) is 10.3 Å². The van der Waals surface area contributed by atoms with E-state index in [2.05, 4.69) is 31.6 Å². The molecule has 0 saturated carbocycles. The summed E-state index contributed by atoms with van der Waals surface area (Å²) in [7, 11) is 0. The largest absolute Gasteiger partial charge is 0.411 e. The maximum absolute atomic E-state index is 11.9. The summed E-state index contributed by atoms with van der Waals surface area (Å²) in [4.78, 5) is 11.9. The van der Waals surface area contributed by atoms with E-state index in [0.717, 1.165) is 10.7 Å². The Labute approximate surface area is 130 Å². The first kappa shape index (κ1) is 14.9. The molecule has 0 heterocycles. The molecule has 0 spiro atoms. The summed E-state index contributed by atoms with van der Waals surface area (Å²) in [5.74, 6) is -0.337. The monoisotopic (exact) mass is 345 g/mol. The standard InChI is InChI=1S/C15H12BrN3O2/c16-13-8-6-11(7-9-13)14(10-17-21)18-19-15(20)12-4-2-1-3-5-12/h1-10,21H,(H,19,20)/b17-10-,18-14+. The van der Waals surface area contributed by atoms with Crippen LogP contribution in [0.25, 0.3) is 0 Å². The minimum absolute atomic E-state index is 0.337. The van der Waals surface area contributed by atoms with Crippen molar-refractivity contribution in [1.29, 1.82) is 0 Å². The maximum atomic E-state index is 11.9. The molecule has 0 bridgehead atoms. The van der Waals surface area contributed by atoms with Crippen molar-refractivity contribution in [3.05, 3.63) is 70.2 Å². The smallest absolute Gasteiger partial charge is 0.271 e. The Kier molecular flexibility index (Phi) is 5.22. The lowest BCUT2D eigenvalue weighted by Crippen LogP contribution is -2.20. The van der Waals surface area contributed by atoms with Gasteiger partial charge in [-0.25, -0.2) is 5.43 Å². The number of benzene rings is 2. The fourth-order valence-electron chi connectivity index (χ4n) is 1.61. The van der Waals surface area contributed by atoms with Crippen molar-refractivity contribution >= 4 is 33.8 Å². The van der Waals surface area contributed by atoms with Crippen LogP contribution in [0.1, 0.15) is 15.9 Å². The van der Waals surface area contributed by atoms with Crippen molar-refractivity contribution < 1.29 is 10.0 Å². The number of nitrogens with one attached hydrogen (secondary N) is 1. The molecule has 0 aromatic heterocycles. The second-order valence-corrected chi connectivity index (χ2v) is 4.97. The first-order chi connectivity index (χ1) is 10.2. The van der Waals surface area contributed by atoms with Crippen molar-refractivity contribution in [3.63, 3.8) is 0 Å².